The van der Waals surface area contributed by atoms with Crippen molar-refractivity contribution in [2.45, 2.75) is 49.9 Å². The van der Waals surface area contributed by atoms with Crippen molar-refractivity contribution in [3.05, 3.63) is 42.9 Å². The zero-order chi connectivity index (χ0) is 24.7. The van der Waals surface area contributed by atoms with Crippen LogP contribution in [0.1, 0.15) is 19.3 Å². The minimum absolute atomic E-state index is 0.146. The van der Waals surface area contributed by atoms with Gasteiger partial charge in [0, 0.05) is 30.9 Å². The number of aromatic nitrogens is 4. The second-order valence-electron chi connectivity index (χ2n) is 8.73. The van der Waals surface area contributed by atoms with Gasteiger partial charge in [-0.3, -0.25) is 4.98 Å². The molecule has 0 unspecified atom stereocenters. The van der Waals surface area contributed by atoms with Crippen LogP contribution in [0.25, 0.3) is 22.5 Å². The van der Waals surface area contributed by atoms with E-state index in [4.69, 9.17) is 0 Å². The van der Waals surface area contributed by atoms with Crippen molar-refractivity contribution in [3.8, 4) is 34.0 Å². The maximum atomic E-state index is 14.9. The van der Waals surface area contributed by atoms with Gasteiger partial charge < -0.3 is 20.1 Å². The molecule has 0 saturated carbocycles. The van der Waals surface area contributed by atoms with Gasteiger partial charge in [0.05, 0.1) is 24.0 Å². The molecule has 0 radical (unpaired) electrons. The molecule has 3 aromatic rings. The smallest absolute Gasteiger partial charge is 0.507 e. The monoisotopic (exact) mass is 490 g/mol. The summed E-state index contributed by atoms with van der Waals surface area (Å²) < 4.78 is 56.2. The summed E-state index contributed by atoms with van der Waals surface area (Å²) in [6.45, 7) is 0. The average molecular weight is 490 g/mol. The van der Waals surface area contributed by atoms with Crippen LogP contribution in [0.5, 0.6) is 11.5 Å². The van der Waals surface area contributed by atoms with E-state index in [0.717, 1.165) is 19.0 Å². The summed E-state index contributed by atoms with van der Waals surface area (Å²) in [5.41, 5.74) is 1.03. The van der Waals surface area contributed by atoms with Crippen molar-refractivity contribution in [1.82, 2.24) is 25.5 Å². The number of ether oxygens (including phenoxy) is 1. The van der Waals surface area contributed by atoms with Gasteiger partial charge in [0.1, 0.15) is 17.7 Å². The first-order valence-corrected chi connectivity index (χ1v) is 11.0. The molecule has 1 aromatic carbocycles. The van der Waals surface area contributed by atoms with Gasteiger partial charge in [-0.15, -0.1) is 23.4 Å². The fourth-order valence-corrected chi connectivity index (χ4v) is 4.74. The largest absolute Gasteiger partial charge is 0.573 e. The molecule has 2 bridgehead atoms. The molecule has 2 aliphatic heterocycles. The highest BCUT2D eigenvalue weighted by molar-refractivity contribution is 5.73. The van der Waals surface area contributed by atoms with Crippen LogP contribution in [0.2, 0.25) is 0 Å². The standard InChI is InChI=1S/C23H22F4N6O2/c1-33(18-8-14-3-5-17(30-14)21(18)24)20-11-29-22(32-31-20)16-4-2-12(7-19(16)34)13-6-15(10-28-9-13)35-23(25,26)27/h2,4,6-7,9-11,14,17-18,21,30,34H,3,5,8H2,1H3/t14-,17+,18-,21+/m0/s1. The van der Waals surface area contributed by atoms with Crippen LogP contribution in [0.4, 0.5) is 23.4 Å². The molecule has 2 fully saturated rings. The number of pyridine rings is 1. The molecule has 0 spiro atoms. The van der Waals surface area contributed by atoms with Gasteiger partial charge in [0.15, 0.2) is 11.6 Å². The fourth-order valence-electron chi connectivity index (χ4n) is 4.74. The van der Waals surface area contributed by atoms with E-state index in [-0.39, 0.29) is 29.2 Å². The van der Waals surface area contributed by atoms with Gasteiger partial charge in [-0.05, 0) is 43.0 Å². The van der Waals surface area contributed by atoms with Crippen molar-refractivity contribution in [3.63, 3.8) is 0 Å². The normalized spacial score (nSPS) is 23.8. The summed E-state index contributed by atoms with van der Waals surface area (Å²) in [5, 5.41) is 22.1. The van der Waals surface area contributed by atoms with Crippen LogP contribution in [0.3, 0.4) is 0 Å². The average Bonchev–Trinajstić information content (AvgIpc) is 3.23. The number of aromatic hydroxyl groups is 1. The second-order valence-corrected chi connectivity index (χ2v) is 8.73. The predicted molar refractivity (Wildman–Crippen MR) is 118 cm³/mol. The Morgan fingerprint density at radius 2 is 1.91 bits per heavy atom. The molecule has 8 nitrogen and oxygen atoms in total. The summed E-state index contributed by atoms with van der Waals surface area (Å²) in [7, 11) is 1.77. The number of alkyl halides is 4. The van der Waals surface area contributed by atoms with Crippen LogP contribution in [-0.2, 0) is 0 Å². The molecule has 184 valence electrons. The van der Waals surface area contributed by atoms with Crippen LogP contribution in [-0.4, -0.2) is 63.0 Å². The summed E-state index contributed by atoms with van der Waals surface area (Å²) >= 11 is 0. The molecule has 2 saturated heterocycles. The molecule has 12 heteroatoms. The Morgan fingerprint density at radius 3 is 2.63 bits per heavy atom. The van der Waals surface area contributed by atoms with Crippen molar-refractivity contribution >= 4 is 5.82 Å². The number of benzene rings is 1. The van der Waals surface area contributed by atoms with Crippen LogP contribution < -0.4 is 15.0 Å². The number of rotatable bonds is 5. The van der Waals surface area contributed by atoms with E-state index in [2.05, 4.69) is 30.2 Å². The van der Waals surface area contributed by atoms with Crippen molar-refractivity contribution < 1.29 is 27.4 Å². The first-order valence-electron chi connectivity index (χ1n) is 11.0. The Labute approximate surface area is 198 Å². The number of fused-ring (bicyclic) bond motifs is 2. The maximum absolute atomic E-state index is 14.9. The van der Waals surface area contributed by atoms with Gasteiger partial charge in [0.25, 0.3) is 0 Å². The van der Waals surface area contributed by atoms with Gasteiger partial charge in [-0.2, -0.15) is 0 Å². The van der Waals surface area contributed by atoms with Crippen molar-refractivity contribution in [1.29, 1.82) is 0 Å². The molecule has 0 amide bonds. The lowest BCUT2D eigenvalue weighted by atomic mass is 9.96. The molecule has 0 aliphatic carbocycles. The molecular weight excluding hydrogens is 468 g/mol. The summed E-state index contributed by atoms with van der Waals surface area (Å²) in [4.78, 5) is 9.81. The quantitative estimate of drug-likeness (QED) is 0.521. The number of hydrogen-bond acceptors (Lipinski definition) is 8. The number of nitrogens with one attached hydrogen (secondary N) is 1. The molecule has 5 rings (SSSR count). The summed E-state index contributed by atoms with van der Waals surface area (Å²) in [6.07, 6.45) is 0.376. The zero-order valence-electron chi connectivity index (χ0n) is 18.6. The molecule has 4 atom stereocenters. The zero-order valence-corrected chi connectivity index (χ0v) is 18.6. The van der Waals surface area contributed by atoms with Crippen LogP contribution in [0.15, 0.2) is 42.9 Å². The Morgan fingerprint density at radius 1 is 1.09 bits per heavy atom. The first kappa shape index (κ1) is 23.2. The first-order chi connectivity index (χ1) is 16.7. The van der Waals surface area contributed by atoms with E-state index in [9.17, 15) is 22.7 Å². The minimum Gasteiger partial charge on any atom is -0.507 e. The Bertz CT molecular complexity index is 1210. The Kier molecular flexibility index (Phi) is 5.91. The second kappa shape index (κ2) is 8.91. The number of piperidine rings is 1. The maximum Gasteiger partial charge on any atom is 0.573 e. The lowest BCUT2D eigenvalue weighted by molar-refractivity contribution is -0.274. The number of halogens is 4. The van der Waals surface area contributed by atoms with Gasteiger partial charge >= 0.3 is 6.36 Å². The van der Waals surface area contributed by atoms with E-state index >= 15 is 0 Å². The molecule has 2 aliphatic rings. The molecule has 2 aromatic heterocycles. The third-order valence-corrected chi connectivity index (χ3v) is 6.48. The SMILES string of the molecule is CN(c1cnc(-c2ccc(-c3cncc(OC(F)(F)F)c3)cc2O)nn1)[C@H]1C[C@@H]2CC[C@@H](N2)[C@H]1F. The summed E-state index contributed by atoms with van der Waals surface area (Å²) in [6, 6.07) is 5.48. The van der Waals surface area contributed by atoms with E-state index in [1.807, 2.05) is 0 Å². The topological polar surface area (TPSA) is 96.3 Å². The van der Waals surface area contributed by atoms with Crippen LogP contribution in [0, 0.1) is 0 Å². The number of phenolic OH excluding ortho intramolecular Hbond substituents is 1. The van der Waals surface area contributed by atoms with Crippen LogP contribution >= 0.6 is 0 Å². The minimum atomic E-state index is -4.84. The molecule has 35 heavy (non-hydrogen) atoms. The Balaban J connectivity index is 1.33. The van der Waals surface area contributed by atoms with E-state index in [1.165, 1.54) is 30.6 Å². The lowest BCUT2D eigenvalue weighted by Gasteiger charge is -2.38. The third-order valence-electron chi connectivity index (χ3n) is 6.48. The van der Waals surface area contributed by atoms with Crippen molar-refractivity contribution in [2.75, 3.05) is 11.9 Å². The molecule has 2 N–H and O–H groups in total. The number of nitrogens with zero attached hydrogens (tertiary/aromatic N) is 5. The fraction of sp³-hybridized carbons (Fsp3) is 0.391. The van der Waals surface area contributed by atoms with Crippen molar-refractivity contribution in [2.24, 2.45) is 0 Å². The van der Waals surface area contributed by atoms with E-state index in [0.29, 0.717) is 29.4 Å². The van der Waals surface area contributed by atoms with Gasteiger partial charge in [-0.25, -0.2) is 9.37 Å². The highest BCUT2D eigenvalue weighted by Gasteiger charge is 2.44. The van der Waals surface area contributed by atoms with Gasteiger partial charge in [0.2, 0.25) is 0 Å². The predicted octanol–water partition coefficient (Wildman–Crippen LogP) is 3.87. The highest BCUT2D eigenvalue weighted by Crippen LogP contribution is 2.35. The van der Waals surface area contributed by atoms with Gasteiger partial charge in [-0.1, -0.05) is 6.07 Å². The highest BCUT2D eigenvalue weighted by atomic mass is 19.4. The van der Waals surface area contributed by atoms with E-state index < -0.39 is 18.3 Å². The molecule has 4 heterocycles. The molecular formula is C23H22F4N6O2. The third kappa shape index (κ3) is 4.83. The Hall–Kier alpha value is -3.54. The number of hydrogen-bond donors (Lipinski definition) is 2. The number of anilines is 1. The number of phenols is 1. The summed E-state index contributed by atoms with van der Waals surface area (Å²) in [5.74, 6) is -0.0820. The lowest BCUT2D eigenvalue weighted by Crippen LogP contribution is -2.55. The van der Waals surface area contributed by atoms with E-state index in [1.54, 1.807) is 18.0 Å².